The van der Waals surface area contributed by atoms with Crippen LogP contribution >= 0.6 is 11.8 Å². The zero-order chi connectivity index (χ0) is 12.1. The molecule has 0 aliphatic rings. The first kappa shape index (κ1) is 11.9. The Hall–Kier alpha value is -1.54. The van der Waals surface area contributed by atoms with E-state index in [-0.39, 0.29) is 5.82 Å². The van der Waals surface area contributed by atoms with Gasteiger partial charge in [0.25, 0.3) is 0 Å². The SMILES string of the molecule is CSc1ccc(/C=C/c2cccc(F)c2)cc1. The van der Waals surface area contributed by atoms with Gasteiger partial charge in [0.2, 0.25) is 0 Å². The molecule has 0 heterocycles. The largest absolute Gasteiger partial charge is 0.207 e. The van der Waals surface area contributed by atoms with Crippen LogP contribution in [0.2, 0.25) is 0 Å². The summed E-state index contributed by atoms with van der Waals surface area (Å²) in [7, 11) is 0. The van der Waals surface area contributed by atoms with Crippen molar-refractivity contribution < 1.29 is 4.39 Å². The fourth-order valence-corrected chi connectivity index (χ4v) is 1.93. The molecule has 0 radical (unpaired) electrons. The summed E-state index contributed by atoms with van der Waals surface area (Å²) in [6, 6.07) is 14.8. The van der Waals surface area contributed by atoms with E-state index in [0.717, 1.165) is 11.1 Å². The van der Waals surface area contributed by atoms with Crippen LogP contribution in [0.1, 0.15) is 11.1 Å². The van der Waals surface area contributed by atoms with Crippen LogP contribution in [-0.4, -0.2) is 6.26 Å². The second-order valence-electron chi connectivity index (χ2n) is 3.66. The molecule has 0 bridgehead atoms. The van der Waals surface area contributed by atoms with Crippen molar-refractivity contribution in [3.8, 4) is 0 Å². The van der Waals surface area contributed by atoms with Gasteiger partial charge in [-0.1, -0.05) is 36.4 Å². The zero-order valence-electron chi connectivity index (χ0n) is 9.56. The van der Waals surface area contributed by atoms with E-state index in [2.05, 4.69) is 30.5 Å². The number of hydrogen-bond donors (Lipinski definition) is 0. The molecule has 0 saturated carbocycles. The number of benzene rings is 2. The lowest BCUT2D eigenvalue weighted by Gasteiger charge is -1.97. The molecule has 0 nitrogen and oxygen atoms in total. The molecule has 0 unspecified atom stereocenters. The van der Waals surface area contributed by atoms with E-state index in [9.17, 15) is 4.39 Å². The Morgan fingerprint density at radius 1 is 0.941 bits per heavy atom. The first-order valence-corrected chi connectivity index (χ1v) is 6.58. The third kappa shape index (κ3) is 3.46. The van der Waals surface area contributed by atoms with E-state index in [0.29, 0.717) is 0 Å². The molecule has 0 amide bonds. The second kappa shape index (κ2) is 5.69. The summed E-state index contributed by atoms with van der Waals surface area (Å²) in [6.45, 7) is 0. The van der Waals surface area contributed by atoms with E-state index in [1.165, 1.54) is 17.0 Å². The minimum atomic E-state index is -0.204. The van der Waals surface area contributed by atoms with Gasteiger partial charge < -0.3 is 0 Å². The van der Waals surface area contributed by atoms with Crippen molar-refractivity contribution in [3.63, 3.8) is 0 Å². The smallest absolute Gasteiger partial charge is 0.123 e. The Balaban J connectivity index is 2.14. The second-order valence-corrected chi connectivity index (χ2v) is 4.54. The predicted octanol–water partition coefficient (Wildman–Crippen LogP) is 4.72. The highest BCUT2D eigenvalue weighted by molar-refractivity contribution is 7.98. The zero-order valence-corrected chi connectivity index (χ0v) is 10.4. The first-order chi connectivity index (χ1) is 8.28. The first-order valence-electron chi connectivity index (χ1n) is 5.35. The van der Waals surface area contributed by atoms with Crippen molar-refractivity contribution in [1.82, 2.24) is 0 Å². The summed E-state index contributed by atoms with van der Waals surface area (Å²) in [5.74, 6) is -0.204. The van der Waals surface area contributed by atoms with Crippen LogP contribution in [0.3, 0.4) is 0 Å². The fraction of sp³-hybridized carbons (Fsp3) is 0.0667. The van der Waals surface area contributed by atoms with Crippen LogP contribution < -0.4 is 0 Å². The Kier molecular flexibility index (Phi) is 3.99. The molecule has 2 rings (SSSR count). The van der Waals surface area contributed by atoms with Crippen molar-refractivity contribution in [2.75, 3.05) is 6.26 Å². The quantitative estimate of drug-likeness (QED) is 0.556. The Bertz CT molecular complexity index is 515. The number of rotatable bonds is 3. The molecule has 0 fully saturated rings. The highest BCUT2D eigenvalue weighted by Crippen LogP contribution is 2.16. The Morgan fingerprint density at radius 2 is 1.65 bits per heavy atom. The predicted molar refractivity (Wildman–Crippen MR) is 73.6 cm³/mol. The molecule has 0 aromatic heterocycles. The lowest BCUT2D eigenvalue weighted by atomic mass is 10.1. The fourth-order valence-electron chi connectivity index (χ4n) is 1.52. The molecule has 17 heavy (non-hydrogen) atoms. The van der Waals surface area contributed by atoms with E-state index >= 15 is 0 Å². The number of halogens is 1. The average molecular weight is 244 g/mol. The van der Waals surface area contributed by atoms with Crippen molar-refractivity contribution in [3.05, 3.63) is 65.5 Å². The summed E-state index contributed by atoms with van der Waals surface area (Å²) < 4.78 is 13.0. The van der Waals surface area contributed by atoms with Crippen LogP contribution in [0.15, 0.2) is 53.4 Å². The maximum Gasteiger partial charge on any atom is 0.123 e. The third-order valence-electron chi connectivity index (χ3n) is 2.43. The van der Waals surface area contributed by atoms with Crippen molar-refractivity contribution >= 4 is 23.9 Å². The van der Waals surface area contributed by atoms with Crippen LogP contribution in [-0.2, 0) is 0 Å². The minimum Gasteiger partial charge on any atom is -0.207 e. The van der Waals surface area contributed by atoms with Gasteiger partial charge in [0, 0.05) is 4.90 Å². The molecular formula is C15H13FS. The van der Waals surface area contributed by atoms with Gasteiger partial charge in [0.1, 0.15) is 5.82 Å². The highest BCUT2D eigenvalue weighted by atomic mass is 32.2. The molecular weight excluding hydrogens is 231 g/mol. The normalized spacial score (nSPS) is 10.9. The monoisotopic (exact) mass is 244 g/mol. The van der Waals surface area contributed by atoms with E-state index < -0.39 is 0 Å². The third-order valence-corrected chi connectivity index (χ3v) is 3.18. The molecule has 0 aliphatic carbocycles. The van der Waals surface area contributed by atoms with Crippen LogP contribution in [0.5, 0.6) is 0 Å². The van der Waals surface area contributed by atoms with E-state index in [1.807, 2.05) is 18.2 Å². The molecule has 0 saturated heterocycles. The standard InChI is InChI=1S/C15H13FS/c1-17-15-9-7-12(8-10-15)5-6-13-3-2-4-14(16)11-13/h2-11H,1H3/b6-5+. The van der Waals surface area contributed by atoms with Gasteiger partial charge >= 0.3 is 0 Å². The maximum atomic E-state index is 13.0. The van der Waals surface area contributed by atoms with Gasteiger partial charge in [-0.25, -0.2) is 4.39 Å². The lowest BCUT2D eigenvalue weighted by molar-refractivity contribution is 0.627. The maximum absolute atomic E-state index is 13.0. The molecule has 0 atom stereocenters. The van der Waals surface area contributed by atoms with Crippen molar-refractivity contribution in [2.45, 2.75) is 4.90 Å². The van der Waals surface area contributed by atoms with Gasteiger partial charge in [-0.15, -0.1) is 11.8 Å². The Morgan fingerprint density at radius 3 is 2.29 bits per heavy atom. The highest BCUT2D eigenvalue weighted by Gasteiger charge is 1.92. The van der Waals surface area contributed by atoms with Crippen LogP contribution in [0, 0.1) is 5.82 Å². The molecule has 0 N–H and O–H groups in total. The lowest BCUT2D eigenvalue weighted by Crippen LogP contribution is -1.76. The summed E-state index contributed by atoms with van der Waals surface area (Å²) in [6.07, 6.45) is 5.95. The van der Waals surface area contributed by atoms with E-state index in [4.69, 9.17) is 0 Å². The van der Waals surface area contributed by atoms with Crippen LogP contribution in [0.4, 0.5) is 4.39 Å². The molecule has 0 aliphatic heterocycles. The number of thioether (sulfide) groups is 1. The van der Waals surface area contributed by atoms with Gasteiger partial charge in [-0.05, 0) is 41.6 Å². The number of hydrogen-bond acceptors (Lipinski definition) is 1. The molecule has 86 valence electrons. The summed E-state index contributed by atoms with van der Waals surface area (Å²) in [5.41, 5.74) is 1.99. The van der Waals surface area contributed by atoms with Gasteiger partial charge in [0.05, 0.1) is 0 Å². The average Bonchev–Trinajstić information content (AvgIpc) is 2.37. The van der Waals surface area contributed by atoms with E-state index in [1.54, 1.807) is 17.8 Å². The summed E-state index contributed by atoms with van der Waals surface area (Å²) >= 11 is 1.72. The molecule has 0 spiro atoms. The van der Waals surface area contributed by atoms with Gasteiger partial charge in [-0.3, -0.25) is 0 Å². The minimum absolute atomic E-state index is 0.204. The molecule has 2 aromatic carbocycles. The van der Waals surface area contributed by atoms with Gasteiger partial charge in [-0.2, -0.15) is 0 Å². The summed E-state index contributed by atoms with van der Waals surface area (Å²) in [5, 5.41) is 0. The van der Waals surface area contributed by atoms with Crippen molar-refractivity contribution in [1.29, 1.82) is 0 Å². The van der Waals surface area contributed by atoms with Crippen molar-refractivity contribution in [2.24, 2.45) is 0 Å². The molecule has 2 heteroatoms. The van der Waals surface area contributed by atoms with Gasteiger partial charge in [0.15, 0.2) is 0 Å². The van der Waals surface area contributed by atoms with Crippen LogP contribution in [0.25, 0.3) is 12.2 Å². The topological polar surface area (TPSA) is 0 Å². The molecule has 2 aromatic rings. The summed E-state index contributed by atoms with van der Waals surface area (Å²) in [4.78, 5) is 1.24. The Labute approximate surface area is 105 Å².